The first-order valence-electron chi connectivity index (χ1n) is 10.9. The molecule has 0 saturated heterocycles. The van der Waals surface area contributed by atoms with Gasteiger partial charge in [-0.1, -0.05) is 18.2 Å². The van der Waals surface area contributed by atoms with E-state index in [1.165, 1.54) is 12.1 Å². The molecule has 33 heavy (non-hydrogen) atoms. The first-order valence-corrected chi connectivity index (χ1v) is 10.9. The zero-order valence-electron chi connectivity index (χ0n) is 18.8. The maximum absolute atomic E-state index is 13.3. The fourth-order valence-corrected chi connectivity index (χ4v) is 4.60. The second-order valence-corrected chi connectivity index (χ2v) is 8.65. The van der Waals surface area contributed by atoms with Gasteiger partial charge in [0.2, 0.25) is 5.91 Å². The number of nitro benzene ring substituents is 1. The van der Waals surface area contributed by atoms with Crippen molar-refractivity contribution in [2.45, 2.75) is 51.0 Å². The number of carbonyl (C=O) groups is 2. The van der Waals surface area contributed by atoms with Crippen LogP contribution in [0.4, 0.5) is 5.69 Å². The highest BCUT2D eigenvalue weighted by atomic mass is 16.6. The Hall–Kier alpha value is -3.68. The average Bonchev–Trinajstić information content (AvgIpc) is 2.78. The van der Waals surface area contributed by atoms with Crippen molar-refractivity contribution in [1.29, 1.82) is 0 Å². The second kappa shape index (κ2) is 9.05. The lowest BCUT2D eigenvalue weighted by atomic mass is 9.73. The van der Waals surface area contributed by atoms with E-state index < -0.39 is 10.8 Å². The first kappa shape index (κ1) is 22.5. The van der Waals surface area contributed by atoms with Gasteiger partial charge in [-0.2, -0.15) is 0 Å². The van der Waals surface area contributed by atoms with Crippen LogP contribution in [-0.2, 0) is 9.59 Å². The van der Waals surface area contributed by atoms with Gasteiger partial charge in [-0.25, -0.2) is 0 Å². The summed E-state index contributed by atoms with van der Waals surface area (Å²) in [7, 11) is 1.58. The van der Waals surface area contributed by atoms with Gasteiger partial charge in [0.05, 0.1) is 18.1 Å². The van der Waals surface area contributed by atoms with Crippen molar-refractivity contribution in [2.24, 2.45) is 0 Å². The Balaban J connectivity index is 1.64. The van der Waals surface area contributed by atoms with E-state index in [9.17, 15) is 19.7 Å². The molecule has 0 spiro atoms. The maximum atomic E-state index is 13.3. The molecule has 0 fully saturated rings. The third-order valence-corrected chi connectivity index (χ3v) is 6.06. The molecule has 0 radical (unpaired) electrons. The number of ketones is 1. The number of hydrogen-bond donors (Lipinski definition) is 1. The van der Waals surface area contributed by atoms with Crippen molar-refractivity contribution < 1.29 is 24.0 Å². The molecule has 1 heterocycles. The third kappa shape index (κ3) is 4.60. The van der Waals surface area contributed by atoms with Gasteiger partial charge in [0.1, 0.15) is 0 Å². The number of hydrogen-bond acceptors (Lipinski definition) is 6. The van der Waals surface area contributed by atoms with E-state index in [1.807, 2.05) is 32.0 Å². The van der Waals surface area contributed by atoms with Gasteiger partial charge in [0, 0.05) is 42.2 Å². The molecule has 172 valence electrons. The van der Waals surface area contributed by atoms with Crippen LogP contribution in [0.3, 0.4) is 0 Å². The fourth-order valence-electron chi connectivity index (χ4n) is 4.60. The van der Waals surface area contributed by atoms with Crippen LogP contribution in [0.15, 0.2) is 53.7 Å². The van der Waals surface area contributed by atoms with Crippen LogP contribution in [0.2, 0.25) is 0 Å². The Labute approximate surface area is 191 Å². The fraction of sp³-hybridized carbons (Fsp3) is 0.360. The molecule has 2 atom stereocenters. The zero-order chi connectivity index (χ0) is 23.7. The topological polar surface area (TPSA) is 108 Å². The number of nitrogens with zero attached hydrogens (tertiary/aromatic N) is 1. The van der Waals surface area contributed by atoms with Gasteiger partial charge in [-0.05, 0) is 49.4 Å². The summed E-state index contributed by atoms with van der Waals surface area (Å²) in [5.41, 5.74) is 2.88. The minimum atomic E-state index is -0.468. The van der Waals surface area contributed by atoms with Crippen molar-refractivity contribution in [2.75, 3.05) is 7.11 Å². The van der Waals surface area contributed by atoms with Crippen LogP contribution in [0.1, 0.15) is 56.1 Å². The highest BCUT2D eigenvalue weighted by Crippen LogP contribution is 2.44. The number of carbonyl (C=O) groups excluding carboxylic acids is 2. The van der Waals surface area contributed by atoms with Gasteiger partial charge in [0.25, 0.3) is 5.69 Å². The lowest BCUT2D eigenvalue weighted by Crippen LogP contribution is -2.38. The number of non-ortho nitro benzene ring substituents is 1. The molecule has 1 aliphatic heterocycles. The number of benzene rings is 2. The van der Waals surface area contributed by atoms with Crippen molar-refractivity contribution >= 4 is 17.4 Å². The van der Waals surface area contributed by atoms with Crippen molar-refractivity contribution in [3.8, 4) is 11.5 Å². The summed E-state index contributed by atoms with van der Waals surface area (Å²) in [5.74, 6) is 0.552. The summed E-state index contributed by atoms with van der Waals surface area (Å²) in [6, 6.07) is 11.7. The zero-order valence-corrected chi connectivity index (χ0v) is 18.8. The van der Waals surface area contributed by atoms with Gasteiger partial charge in [-0.15, -0.1) is 0 Å². The largest absolute Gasteiger partial charge is 0.493 e. The number of nitrogens with one attached hydrogen (secondary N) is 1. The van der Waals surface area contributed by atoms with Gasteiger partial charge < -0.3 is 14.8 Å². The number of ether oxygens (including phenoxy) is 2. The number of methoxy groups -OCH3 is 1. The Bertz CT molecular complexity index is 1140. The molecule has 0 bridgehead atoms. The molecule has 1 N–H and O–H groups in total. The summed E-state index contributed by atoms with van der Waals surface area (Å²) in [6.45, 7) is 3.88. The van der Waals surface area contributed by atoms with Crippen molar-refractivity contribution in [3.63, 3.8) is 0 Å². The molecular weight excluding hydrogens is 424 g/mol. The summed E-state index contributed by atoms with van der Waals surface area (Å²) in [5, 5.41) is 13.9. The molecule has 8 nitrogen and oxygen atoms in total. The Morgan fingerprint density at radius 3 is 2.33 bits per heavy atom. The quantitative estimate of drug-likeness (QED) is 0.516. The van der Waals surface area contributed by atoms with Crippen LogP contribution in [0.25, 0.3) is 0 Å². The van der Waals surface area contributed by atoms with Gasteiger partial charge in [-0.3, -0.25) is 19.7 Å². The van der Waals surface area contributed by atoms with E-state index in [0.717, 1.165) is 11.1 Å². The molecule has 8 heteroatoms. The minimum absolute atomic E-state index is 0.00234. The molecule has 4 rings (SSSR count). The van der Waals surface area contributed by atoms with E-state index in [4.69, 9.17) is 9.47 Å². The van der Waals surface area contributed by atoms with Crippen LogP contribution in [0, 0.1) is 10.1 Å². The summed E-state index contributed by atoms with van der Waals surface area (Å²) in [4.78, 5) is 36.2. The van der Waals surface area contributed by atoms with Gasteiger partial charge >= 0.3 is 0 Å². The third-order valence-electron chi connectivity index (χ3n) is 6.06. The van der Waals surface area contributed by atoms with Crippen LogP contribution >= 0.6 is 0 Å². The predicted octanol–water partition coefficient (Wildman–Crippen LogP) is 4.39. The van der Waals surface area contributed by atoms with Crippen LogP contribution in [-0.4, -0.2) is 29.8 Å². The molecule has 2 aromatic carbocycles. The summed E-state index contributed by atoms with van der Waals surface area (Å²) < 4.78 is 11.3. The molecule has 2 aromatic rings. The van der Waals surface area contributed by atoms with E-state index in [-0.39, 0.29) is 35.8 Å². The highest BCUT2D eigenvalue weighted by molar-refractivity contribution is 6.02. The molecule has 1 aliphatic carbocycles. The van der Waals surface area contributed by atoms with E-state index in [0.29, 0.717) is 35.6 Å². The molecular formula is C25H26N2O6. The summed E-state index contributed by atoms with van der Waals surface area (Å²) in [6.07, 6.45) is 0.972. The Morgan fingerprint density at radius 1 is 1.00 bits per heavy atom. The SMILES string of the molecule is COc1cc(C2CC(=O)C3=C(C2)NC(=O)CC3c2ccc([N+](=O)[O-])cc2)ccc1OC(C)C. The van der Waals surface area contributed by atoms with Gasteiger partial charge in [0.15, 0.2) is 17.3 Å². The summed E-state index contributed by atoms with van der Waals surface area (Å²) >= 11 is 0. The normalized spacial score (nSPS) is 20.4. The average molecular weight is 450 g/mol. The molecule has 0 saturated carbocycles. The monoisotopic (exact) mass is 450 g/mol. The number of Topliss-reactive ketones (excluding diaryl/α,β-unsaturated/α-hetero) is 1. The number of allylic oxidation sites excluding steroid dienone is 2. The minimum Gasteiger partial charge on any atom is -0.493 e. The molecule has 1 amide bonds. The highest BCUT2D eigenvalue weighted by Gasteiger charge is 2.38. The first-order chi connectivity index (χ1) is 15.8. The standard InChI is InChI=1S/C25H26N2O6/c1-14(2)33-22-9-6-16(12-23(22)32-3)17-10-20-25(21(28)11-17)19(13-24(29)26-20)15-4-7-18(8-5-15)27(30)31/h4-9,12,14,17,19H,10-11,13H2,1-3H3,(H,26,29). The molecule has 2 unspecified atom stereocenters. The second-order valence-electron chi connectivity index (χ2n) is 8.65. The van der Waals surface area contributed by atoms with E-state index in [2.05, 4.69) is 5.32 Å². The van der Waals surface area contributed by atoms with E-state index >= 15 is 0 Å². The Morgan fingerprint density at radius 2 is 1.70 bits per heavy atom. The molecule has 2 aliphatic rings. The molecule has 0 aromatic heterocycles. The lowest BCUT2D eigenvalue weighted by molar-refractivity contribution is -0.384. The number of nitro groups is 1. The van der Waals surface area contributed by atoms with Crippen LogP contribution in [0.5, 0.6) is 11.5 Å². The number of amides is 1. The number of rotatable bonds is 6. The van der Waals surface area contributed by atoms with Crippen molar-refractivity contribution in [3.05, 3.63) is 75.0 Å². The smallest absolute Gasteiger partial charge is 0.269 e. The lowest BCUT2D eigenvalue weighted by Gasteiger charge is -2.34. The maximum Gasteiger partial charge on any atom is 0.269 e. The predicted molar refractivity (Wildman–Crippen MR) is 121 cm³/mol. The van der Waals surface area contributed by atoms with E-state index in [1.54, 1.807) is 19.2 Å². The van der Waals surface area contributed by atoms with Crippen molar-refractivity contribution in [1.82, 2.24) is 5.32 Å². The Kier molecular flexibility index (Phi) is 6.18. The van der Waals surface area contributed by atoms with Crippen LogP contribution < -0.4 is 14.8 Å².